The number of aromatic nitrogens is 3. The number of ether oxygens (including phenoxy) is 1. The van der Waals surface area contributed by atoms with Crippen molar-refractivity contribution in [3.05, 3.63) is 40.1 Å². The molecule has 2 rings (SSSR count). The lowest BCUT2D eigenvalue weighted by Crippen LogP contribution is -2.07. The lowest BCUT2D eigenvalue weighted by atomic mass is 10.2. The summed E-state index contributed by atoms with van der Waals surface area (Å²) < 4.78 is 5.34. The van der Waals surface area contributed by atoms with Crippen LogP contribution in [0.4, 0.5) is 5.95 Å². The third-order valence-electron chi connectivity index (χ3n) is 2.36. The Hall–Kier alpha value is -1.59. The number of anilines is 1. The molecule has 0 bridgehead atoms. The molecule has 7 heteroatoms. The van der Waals surface area contributed by atoms with Crippen molar-refractivity contribution in [2.24, 2.45) is 0 Å². The highest BCUT2D eigenvalue weighted by atomic mass is 35.5. The van der Waals surface area contributed by atoms with Crippen molar-refractivity contribution in [2.45, 2.75) is 19.9 Å². The van der Waals surface area contributed by atoms with E-state index in [1.54, 1.807) is 0 Å². The van der Waals surface area contributed by atoms with Gasteiger partial charge in [-0.2, -0.15) is 15.0 Å². The van der Waals surface area contributed by atoms with Gasteiger partial charge in [-0.15, -0.1) is 0 Å². The number of nitrogens with zero attached hydrogens (tertiary/aromatic N) is 3. The van der Waals surface area contributed by atoms with Gasteiger partial charge in [0.2, 0.25) is 11.2 Å². The molecule has 0 amide bonds. The zero-order chi connectivity index (χ0) is 14.4. The number of benzene rings is 1. The minimum Gasteiger partial charge on any atom is -0.463 e. The van der Waals surface area contributed by atoms with Gasteiger partial charge < -0.3 is 10.1 Å². The summed E-state index contributed by atoms with van der Waals surface area (Å²) in [6.45, 7) is 3.07. The van der Waals surface area contributed by atoms with Gasteiger partial charge in [0.15, 0.2) is 0 Å². The van der Waals surface area contributed by atoms with Crippen molar-refractivity contribution in [2.75, 3.05) is 11.9 Å². The third-order valence-corrected chi connectivity index (χ3v) is 2.77. The minimum absolute atomic E-state index is 0.0969. The molecular formula is C13H14Cl2N4O. The molecule has 1 heterocycles. The number of halogens is 2. The van der Waals surface area contributed by atoms with Gasteiger partial charge >= 0.3 is 6.01 Å². The Morgan fingerprint density at radius 1 is 1.20 bits per heavy atom. The van der Waals surface area contributed by atoms with E-state index in [1.165, 1.54) is 0 Å². The summed E-state index contributed by atoms with van der Waals surface area (Å²) in [4.78, 5) is 12.0. The predicted octanol–water partition coefficient (Wildman–Crippen LogP) is 3.58. The number of hydrogen-bond donors (Lipinski definition) is 1. The van der Waals surface area contributed by atoms with Crippen molar-refractivity contribution in [1.82, 2.24) is 15.0 Å². The van der Waals surface area contributed by atoms with Crippen LogP contribution >= 0.6 is 23.2 Å². The van der Waals surface area contributed by atoms with Crippen LogP contribution < -0.4 is 10.1 Å². The largest absolute Gasteiger partial charge is 0.463 e. The van der Waals surface area contributed by atoms with Gasteiger partial charge in [-0.1, -0.05) is 30.7 Å². The van der Waals surface area contributed by atoms with E-state index < -0.39 is 0 Å². The molecule has 0 atom stereocenters. The van der Waals surface area contributed by atoms with Crippen LogP contribution in [0.15, 0.2) is 24.3 Å². The van der Waals surface area contributed by atoms with Gasteiger partial charge in [0.1, 0.15) is 0 Å². The summed E-state index contributed by atoms with van der Waals surface area (Å²) in [6.07, 6.45) is 0.870. The molecule has 20 heavy (non-hydrogen) atoms. The van der Waals surface area contributed by atoms with E-state index in [4.69, 9.17) is 27.9 Å². The Morgan fingerprint density at radius 2 is 2.05 bits per heavy atom. The highest BCUT2D eigenvalue weighted by Gasteiger charge is 2.06. The molecule has 1 aromatic carbocycles. The monoisotopic (exact) mass is 312 g/mol. The highest BCUT2D eigenvalue weighted by molar-refractivity contribution is 6.30. The van der Waals surface area contributed by atoms with Gasteiger partial charge in [0, 0.05) is 11.6 Å². The maximum absolute atomic E-state index is 5.92. The summed E-state index contributed by atoms with van der Waals surface area (Å²) in [5, 5.41) is 3.84. The fraction of sp³-hybridized carbons (Fsp3) is 0.308. The van der Waals surface area contributed by atoms with Crippen molar-refractivity contribution in [1.29, 1.82) is 0 Å². The summed E-state index contributed by atoms with van der Waals surface area (Å²) in [5.74, 6) is 0.371. The average Bonchev–Trinajstić information content (AvgIpc) is 2.42. The first kappa shape index (κ1) is 14.8. The fourth-order valence-electron chi connectivity index (χ4n) is 1.50. The van der Waals surface area contributed by atoms with E-state index in [-0.39, 0.29) is 11.3 Å². The molecule has 0 spiro atoms. The van der Waals surface area contributed by atoms with Crippen molar-refractivity contribution in [3.63, 3.8) is 0 Å². The number of nitrogens with one attached hydrogen (secondary N) is 1. The second-order valence-corrected chi connectivity index (χ2v) is 4.82. The SMILES string of the molecule is CCCOc1nc(Cl)nc(NCc2cccc(Cl)c2)n1. The number of hydrogen-bond acceptors (Lipinski definition) is 5. The molecule has 0 aliphatic rings. The molecule has 0 fully saturated rings. The quantitative estimate of drug-likeness (QED) is 0.883. The van der Waals surface area contributed by atoms with Gasteiger partial charge in [0.25, 0.3) is 0 Å². The van der Waals surface area contributed by atoms with Crippen molar-refractivity contribution in [3.8, 4) is 6.01 Å². The van der Waals surface area contributed by atoms with Gasteiger partial charge in [-0.3, -0.25) is 0 Å². The first-order valence-electron chi connectivity index (χ1n) is 6.20. The minimum atomic E-state index is 0.0969. The summed E-state index contributed by atoms with van der Waals surface area (Å²) >= 11 is 11.8. The van der Waals surface area contributed by atoms with Gasteiger partial charge in [-0.05, 0) is 35.7 Å². The summed E-state index contributed by atoms with van der Waals surface area (Å²) in [5.41, 5.74) is 1.02. The molecule has 106 valence electrons. The standard InChI is InChI=1S/C13H14Cl2N4O/c1-2-6-20-13-18-11(15)17-12(19-13)16-8-9-4-3-5-10(14)7-9/h3-5,7H,2,6,8H2,1H3,(H,16,17,18,19). The molecule has 0 unspecified atom stereocenters. The lowest BCUT2D eigenvalue weighted by Gasteiger charge is -2.07. The first-order valence-corrected chi connectivity index (χ1v) is 6.95. The zero-order valence-electron chi connectivity index (χ0n) is 10.9. The Kier molecular flexibility index (Phi) is 5.38. The summed E-state index contributed by atoms with van der Waals surface area (Å²) in [6, 6.07) is 7.75. The van der Waals surface area contributed by atoms with E-state index in [9.17, 15) is 0 Å². The topological polar surface area (TPSA) is 59.9 Å². The van der Waals surface area contributed by atoms with Crippen LogP contribution in [0.25, 0.3) is 0 Å². The molecular weight excluding hydrogens is 299 g/mol. The van der Waals surface area contributed by atoms with Crippen LogP contribution in [-0.4, -0.2) is 21.6 Å². The van der Waals surface area contributed by atoms with Crippen LogP contribution in [0, 0.1) is 0 Å². The van der Waals surface area contributed by atoms with Crippen LogP contribution in [0.2, 0.25) is 10.3 Å². The predicted molar refractivity (Wildman–Crippen MR) is 79.4 cm³/mol. The maximum Gasteiger partial charge on any atom is 0.322 e. The van der Waals surface area contributed by atoms with Gasteiger partial charge in [0.05, 0.1) is 6.61 Å². The first-order chi connectivity index (χ1) is 9.67. The molecule has 1 aromatic heterocycles. The maximum atomic E-state index is 5.92. The second kappa shape index (κ2) is 7.26. The lowest BCUT2D eigenvalue weighted by molar-refractivity contribution is 0.291. The number of rotatable bonds is 6. The molecule has 0 aliphatic carbocycles. The van der Waals surface area contributed by atoms with Crippen LogP contribution in [0.1, 0.15) is 18.9 Å². The fourth-order valence-corrected chi connectivity index (χ4v) is 1.86. The van der Waals surface area contributed by atoms with Crippen LogP contribution in [0.5, 0.6) is 6.01 Å². The molecule has 5 nitrogen and oxygen atoms in total. The second-order valence-electron chi connectivity index (χ2n) is 4.04. The average molecular weight is 313 g/mol. The van der Waals surface area contributed by atoms with E-state index in [1.807, 2.05) is 31.2 Å². The molecule has 0 saturated carbocycles. The molecule has 1 N–H and O–H groups in total. The highest BCUT2D eigenvalue weighted by Crippen LogP contribution is 2.14. The van der Waals surface area contributed by atoms with Crippen LogP contribution in [-0.2, 0) is 6.54 Å². The van der Waals surface area contributed by atoms with E-state index in [0.717, 1.165) is 12.0 Å². The summed E-state index contributed by atoms with van der Waals surface area (Å²) in [7, 11) is 0. The Balaban J connectivity index is 2.03. The molecule has 0 saturated heterocycles. The zero-order valence-corrected chi connectivity index (χ0v) is 12.4. The van der Waals surface area contributed by atoms with E-state index in [0.29, 0.717) is 24.1 Å². The normalized spacial score (nSPS) is 10.3. The Labute approximate surface area is 127 Å². The third kappa shape index (κ3) is 4.51. The smallest absolute Gasteiger partial charge is 0.322 e. The van der Waals surface area contributed by atoms with Crippen LogP contribution in [0.3, 0.4) is 0 Å². The molecule has 0 aliphatic heterocycles. The van der Waals surface area contributed by atoms with Crippen molar-refractivity contribution >= 4 is 29.2 Å². The Bertz CT molecular complexity index is 580. The molecule has 2 aromatic rings. The van der Waals surface area contributed by atoms with E-state index >= 15 is 0 Å². The van der Waals surface area contributed by atoms with Crippen molar-refractivity contribution < 1.29 is 4.74 Å². The van der Waals surface area contributed by atoms with Gasteiger partial charge in [-0.25, -0.2) is 0 Å². The Morgan fingerprint density at radius 3 is 2.80 bits per heavy atom. The molecule has 0 radical (unpaired) electrons. The van der Waals surface area contributed by atoms with E-state index in [2.05, 4.69) is 20.3 Å².